The van der Waals surface area contributed by atoms with Crippen molar-refractivity contribution in [3.05, 3.63) is 155 Å². The largest absolute Gasteiger partial charge is 0.310 e. The van der Waals surface area contributed by atoms with E-state index in [4.69, 9.17) is 0 Å². The van der Waals surface area contributed by atoms with Crippen LogP contribution in [-0.4, -0.2) is 4.57 Å². The van der Waals surface area contributed by atoms with E-state index in [0.717, 1.165) is 0 Å². The predicted octanol–water partition coefficient (Wildman–Crippen LogP) is 13.8. The molecule has 0 bridgehead atoms. The van der Waals surface area contributed by atoms with Gasteiger partial charge in [-0.25, -0.2) is 0 Å². The van der Waals surface area contributed by atoms with Crippen LogP contribution in [0.15, 0.2) is 121 Å². The molecule has 0 fully saturated rings. The summed E-state index contributed by atoms with van der Waals surface area (Å²) in [5.41, 5.74) is 18.3. The Bertz CT molecular complexity index is 2500. The molecule has 1 aliphatic heterocycles. The summed E-state index contributed by atoms with van der Waals surface area (Å²) in [6, 6.07) is 46.4. The van der Waals surface area contributed by atoms with Crippen LogP contribution in [-0.2, 0) is 21.7 Å². The second-order valence-corrected chi connectivity index (χ2v) is 18.4. The SMILES string of the molecule is CC(C)(C)c1ccc(N(c2ccc(C(C)(C)C)cc2)c2ccc3c(c2)C(C)(C)c2cc4c(cc2-3)C(C)(C)c2cccc3c5ccccc5n-4c23)cc1. The monoisotopic (exact) mass is 678 g/mol. The zero-order valence-electron chi connectivity index (χ0n) is 32.4. The van der Waals surface area contributed by atoms with Gasteiger partial charge in [0.25, 0.3) is 0 Å². The Balaban J connectivity index is 1.22. The van der Waals surface area contributed by atoms with Crippen molar-refractivity contribution >= 4 is 38.9 Å². The average Bonchev–Trinajstić information content (AvgIpc) is 3.55. The Kier molecular flexibility index (Phi) is 6.77. The van der Waals surface area contributed by atoms with Crippen LogP contribution < -0.4 is 4.90 Å². The maximum atomic E-state index is 2.55. The Hall–Kier alpha value is -5.08. The van der Waals surface area contributed by atoms with E-state index in [1.54, 1.807) is 0 Å². The minimum atomic E-state index is -0.184. The lowest BCUT2D eigenvalue weighted by Gasteiger charge is -2.36. The summed E-state index contributed by atoms with van der Waals surface area (Å²) in [5, 5.41) is 2.66. The topological polar surface area (TPSA) is 8.17 Å². The molecule has 2 heteroatoms. The summed E-state index contributed by atoms with van der Waals surface area (Å²) in [6.45, 7) is 23.3. The maximum Gasteiger partial charge on any atom is 0.0582 e. The van der Waals surface area contributed by atoms with Crippen LogP contribution >= 0.6 is 0 Å². The highest BCUT2D eigenvalue weighted by molar-refractivity contribution is 6.11. The van der Waals surface area contributed by atoms with Gasteiger partial charge in [0, 0.05) is 38.7 Å². The summed E-state index contributed by atoms with van der Waals surface area (Å²) in [5.74, 6) is 0. The molecule has 0 unspecified atom stereocenters. The van der Waals surface area contributed by atoms with E-state index in [-0.39, 0.29) is 21.7 Å². The van der Waals surface area contributed by atoms with Gasteiger partial charge in [-0.15, -0.1) is 0 Å². The van der Waals surface area contributed by atoms with Gasteiger partial charge in [0.1, 0.15) is 0 Å². The molecule has 6 aromatic carbocycles. The summed E-state index contributed by atoms with van der Waals surface area (Å²) in [7, 11) is 0. The normalized spacial score (nSPS) is 15.4. The van der Waals surface area contributed by atoms with Crippen molar-refractivity contribution in [2.24, 2.45) is 0 Å². The van der Waals surface area contributed by atoms with Crippen LogP contribution in [0, 0.1) is 0 Å². The molecule has 260 valence electrons. The molecule has 0 radical (unpaired) electrons. The van der Waals surface area contributed by atoms with E-state index < -0.39 is 0 Å². The van der Waals surface area contributed by atoms with Crippen LogP contribution in [0.1, 0.15) is 103 Å². The third-order valence-electron chi connectivity index (χ3n) is 12.3. The number of aromatic nitrogens is 1. The fourth-order valence-corrected chi connectivity index (χ4v) is 9.17. The van der Waals surface area contributed by atoms with Crippen molar-refractivity contribution in [3.8, 4) is 16.8 Å². The van der Waals surface area contributed by atoms with Gasteiger partial charge in [0.05, 0.1) is 16.7 Å². The van der Waals surface area contributed by atoms with Gasteiger partial charge in [0.15, 0.2) is 0 Å². The number of fused-ring (bicyclic) bond motifs is 8. The first kappa shape index (κ1) is 32.8. The lowest BCUT2D eigenvalue weighted by atomic mass is 9.73. The van der Waals surface area contributed by atoms with Gasteiger partial charge in [-0.1, -0.05) is 136 Å². The first-order chi connectivity index (χ1) is 24.6. The fraction of sp³-hybridized carbons (Fsp3) is 0.280. The Morgan fingerprint density at radius 3 is 1.62 bits per heavy atom. The fourth-order valence-electron chi connectivity index (χ4n) is 9.17. The number of hydrogen-bond donors (Lipinski definition) is 0. The second-order valence-electron chi connectivity index (χ2n) is 18.4. The molecule has 0 saturated carbocycles. The van der Waals surface area contributed by atoms with Crippen molar-refractivity contribution in [1.29, 1.82) is 0 Å². The summed E-state index contributed by atoms with van der Waals surface area (Å²) in [4.78, 5) is 2.44. The smallest absolute Gasteiger partial charge is 0.0582 e. The minimum Gasteiger partial charge on any atom is -0.310 e. The first-order valence-electron chi connectivity index (χ1n) is 18.9. The van der Waals surface area contributed by atoms with E-state index in [1.807, 2.05) is 0 Å². The highest BCUT2D eigenvalue weighted by atomic mass is 15.1. The molecular weight excluding hydrogens is 629 g/mol. The molecule has 0 spiro atoms. The van der Waals surface area contributed by atoms with Crippen molar-refractivity contribution in [2.45, 2.75) is 90.9 Å². The summed E-state index contributed by atoms with van der Waals surface area (Å²) in [6.07, 6.45) is 0. The highest BCUT2D eigenvalue weighted by Gasteiger charge is 2.41. The number of rotatable bonds is 3. The van der Waals surface area contributed by atoms with Gasteiger partial charge in [-0.3, -0.25) is 0 Å². The number of anilines is 3. The molecule has 7 aromatic rings. The number of para-hydroxylation sites is 2. The van der Waals surface area contributed by atoms with Gasteiger partial charge in [-0.05, 0) is 110 Å². The number of nitrogens with zero attached hydrogens (tertiary/aromatic N) is 2. The molecule has 2 heterocycles. The standard InChI is InChI=1S/C50H50N2/c1-47(2,3)31-18-22-33(23-19-31)51(34-24-20-32(21-25-34)48(4,5)6)35-26-27-36-39-29-43-45(30-42(39)50(9,10)41(36)28-35)52-44-17-12-11-14-37(44)38-15-13-16-40(46(38)52)49(43,7)8/h11-30H,1-10H3. The van der Waals surface area contributed by atoms with Crippen molar-refractivity contribution < 1.29 is 0 Å². The molecule has 0 atom stereocenters. The van der Waals surface area contributed by atoms with Crippen LogP contribution in [0.5, 0.6) is 0 Å². The second kappa shape index (κ2) is 10.7. The molecule has 9 rings (SSSR count). The van der Waals surface area contributed by atoms with Crippen LogP contribution in [0.4, 0.5) is 17.1 Å². The minimum absolute atomic E-state index is 0.0922. The lowest BCUT2D eigenvalue weighted by molar-refractivity contribution is 0.590. The average molecular weight is 679 g/mol. The first-order valence-corrected chi connectivity index (χ1v) is 18.9. The predicted molar refractivity (Wildman–Crippen MR) is 223 cm³/mol. The van der Waals surface area contributed by atoms with Gasteiger partial charge < -0.3 is 9.47 Å². The van der Waals surface area contributed by atoms with Gasteiger partial charge >= 0.3 is 0 Å². The molecule has 1 aromatic heterocycles. The molecule has 0 N–H and O–H groups in total. The van der Waals surface area contributed by atoms with Gasteiger partial charge in [0.2, 0.25) is 0 Å². The third kappa shape index (κ3) is 4.62. The molecule has 1 aliphatic carbocycles. The van der Waals surface area contributed by atoms with Crippen LogP contribution in [0.25, 0.3) is 38.6 Å². The molecule has 2 nitrogen and oxygen atoms in total. The highest BCUT2D eigenvalue weighted by Crippen LogP contribution is 2.55. The Morgan fingerprint density at radius 1 is 0.462 bits per heavy atom. The molecule has 2 aliphatic rings. The number of hydrogen-bond acceptors (Lipinski definition) is 1. The van der Waals surface area contributed by atoms with E-state index in [1.165, 1.54) is 89.1 Å². The van der Waals surface area contributed by atoms with E-state index >= 15 is 0 Å². The van der Waals surface area contributed by atoms with E-state index in [0.29, 0.717) is 0 Å². The van der Waals surface area contributed by atoms with Gasteiger partial charge in [-0.2, -0.15) is 0 Å². The lowest BCUT2D eigenvalue weighted by Crippen LogP contribution is -2.27. The van der Waals surface area contributed by atoms with E-state index in [9.17, 15) is 0 Å². The van der Waals surface area contributed by atoms with Crippen LogP contribution in [0.2, 0.25) is 0 Å². The van der Waals surface area contributed by atoms with E-state index in [2.05, 4.69) is 200 Å². The summed E-state index contributed by atoms with van der Waals surface area (Å²) < 4.78 is 2.55. The molecular formula is C50H50N2. The van der Waals surface area contributed by atoms with Crippen molar-refractivity contribution in [1.82, 2.24) is 4.57 Å². The summed E-state index contributed by atoms with van der Waals surface area (Å²) >= 11 is 0. The molecule has 0 amide bonds. The number of benzene rings is 6. The van der Waals surface area contributed by atoms with Crippen molar-refractivity contribution in [2.75, 3.05) is 4.90 Å². The van der Waals surface area contributed by atoms with Crippen molar-refractivity contribution in [3.63, 3.8) is 0 Å². The maximum absolute atomic E-state index is 2.55. The third-order valence-corrected chi connectivity index (χ3v) is 12.3. The Morgan fingerprint density at radius 2 is 1.00 bits per heavy atom. The molecule has 52 heavy (non-hydrogen) atoms. The zero-order valence-corrected chi connectivity index (χ0v) is 32.4. The van der Waals surface area contributed by atoms with Crippen LogP contribution in [0.3, 0.4) is 0 Å². The quantitative estimate of drug-likeness (QED) is 0.181. The zero-order chi connectivity index (χ0) is 36.5. The molecule has 0 saturated heterocycles. The Labute approximate surface area is 309 Å².